The van der Waals surface area contributed by atoms with E-state index in [0.29, 0.717) is 24.9 Å². The summed E-state index contributed by atoms with van der Waals surface area (Å²) in [4.78, 5) is 11.6. The highest BCUT2D eigenvalue weighted by Gasteiger charge is 2.24. The first-order valence-electron chi connectivity index (χ1n) is 4.42. The molecule has 0 saturated carbocycles. The molecule has 1 fully saturated rings. The van der Waals surface area contributed by atoms with Gasteiger partial charge >= 0.3 is 5.82 Å². The van der Waals surface area contributed by atoms with Crippen LogP contribution in [-0.2, 0) is 4.74 Å². The second-order valence-corrected chi connectivity index (χ2v) is 3.55. The summed E-state index contributed by atoms with van der Waals surface area (Å²) >= 11 is 4.04. The minimum absolute atomic E-state index is 0.0908. The molecule has 5 nitrogen and oxygen atoms in total. The lowest BCUT2D eigenvalue weighted by Crippen LogP contribution is -2.31. The van der Waals surface area contributed by atoms with Crippen molar-refractivity contribution in [2.45, 2.75) is 6.42 Å². The van der Waals surface area contributed by atoms with Gasteiger partial charge in [0.1, 0.15) is 5.88 Å². The van der Waals surface area contributed by atoms with Gasteiger partial charge in [-0.25, -0.2) is 4.90 Å². The Morgan fingerprint density at radius 3 is 2.93 bits per heavy atom. The SMILES string of the molecule is C=C(N(CS)CC1CCOC1)[N+](=O)[O-]. The van der Waals surface area contributed by atoms with E-state index in [2.05, 4.69) is 19.2 Å². The lowest BCUT2D eigenvalue weighted by atomic mass is 10.1. The quantitative estimate of drug-likeness (QED) is 0.323. The van der Waals surface area contributed by atoms with Crippen LogP contribution in [0.1, 0.15) is 6.42 Å². The molecule has 14 heavy (non-hydrogen) atoms. The molecule has 1 aliphatic heterocycles. The van der Waals surface area contributed by atoms with Crippen LogP contribution in [0.5, 0.6) is 0 Å². The van der Waals surface area contributed by atoms with Crippen LogP contribution in [0.25, 0.3) is 0 Å². The van der Waals surface area contributed by atoms with Crippen molar-refractivity contribution in [2.75, 3.05) is 25.6 Å². The molecule has 0 aromatic rings. The molecular formula is C8H14N2O3S. The fourth-order valence-electron chi connectivity index (χ4n) is 1.40. The highest BCUT2D eigenvalue weighted by molar-refractivity contribution is 7.80. The van der Waals surface area contributed by atoms with Crippen LogP contribution in [-0.4, -0.2) is 35.5 Å². The molecular weight excluding hydrogens is 204 g/mol. The molecule has 1 aliphatic rings. The van der Waals surface area contributed by atoms with E-state index in [1.807, 2.05) is 0 Å². The predicted molar refractivity (Wildman–Crippen MR) is 55.6 cm³/mol. The predicted octanol–water partition coefficient (Wildman–Crippen LogP) is 0.960. The molecule has 1 atom stereocenters. The van der Waals surface area contributed by atoms with Gasteiger partial charge in [-0.1, -0.05) is 0 Å². The van der Waals surface area contributed by atoms with Crippen molar-refractivity contribution in [3.63, 3.8) is 0 Å². The summed E-state index contributed by atoms with van der Waals surface area (Å²) in [6.07, 6.45) is 0.954. The van der Waals surface area contributed by atoms with E-state index in [0.717, 1.165) is 13.0 Å². The van der Waals surface area contributed by atoms with Crippen LogP contribution in [0, 0.1) is 16.0 Å². The highest BCUT2D eigenvalue weighted by Crippen LogP contribution is 2.16. The monoisotopic (exact) mass is 218 g/mol. The standard InChI is InChI=1S/C8H14N2O3S/c1-7(10(11)12)9(6-14)4-8-2-3-13-5-8/h8,14H,1-6H2. The Morgan fingerprint density at radius 1 is 1.79 bits per heavy atom. The Hall–Kier alpha value is -0.750. The number of thiol groups is 1. The van der Waals surface area contributed by atoms with Crippen LogP contribution < -0.4 is 0 Å². The van der Waals surface area contributed by atoms with E-state index in [4.69, 9.17) is 4.74 Å². The highest BCUT2D eigenvalue weighted by atomic mass is 32.1. The molecule has 0 amide bonds. The van der Waals surface area contributed by atoms with Gasteiger partial charge in [0.2, 0.25) is 0 Å². The van der Waals surface area contributed by atoms with E-state index >= 15 is 0 Å². The smallest absolute Gasteiger partial charge is 0.311 e. The van der Waals surface area contributed by atoms with E-state index in [1.54, 1.807) is 4.90 Å². The molecule has 0 aromatic heterocycles. The van der Waals surface area contributed by atoms with Crippen molar-refractivity contribution in [1.29, 1.82) is 0 Å². The maximum Gasteiger partial charge on any atom is 0.311 e. The molecule has 1 unspecified atom stereocenters. The number of nitro groups is 1. The first kappa shape index (κ1) is 11.3. The molecule has 0 aromatic carbocycles. The lowest BCUT2D eigenvalue weighted by molar-refractivity contribution is -0.445. The summed E-state index contributed by atoms with van der Waals surface area (Å²) in [5.41, 5.74) is 0. The molecule has 0 N–H and O–H groups in total. The zero-order chi connectivity index (χ0) is 10.6. The maximum absolute atomic E-state index is 10.5. The first-order valence-corrected chi connectivity index (χ1v) is 5.05. The largest absolute Gasteiger partial charge is 0.381 e. The van der Waals surface area contributed by atoms with E-state index < -0.39 is 4.92 Å². The van der Waals surface area contributed by atoms with Crippen molar-refractivity contribution in [1.82, 2.24) is 4.90 Å². The van der Waals surface area contributed by atoms with Gasteiger partial charge in [-0.05, 0) is 17.9 Å². The third-order valence-electron chi connectivity index (χ3n) is 2.25. The zero-order valence-corrected chi connectivity index (χ0v) is 8.78. The number of hydrogen-bond acceptors (Lipinski definition) is 5. The Labute approximate surface area is 88.3 Å². The molecule has 6 heteroatoms. The minimum atomic E-state index is -0.480. The summed E-state index contributed by atoms with van der Waals surface area (Å²) in [6.45, 7) is 5.43. The Morgan fingerprint density at radius 2 is 2.50 bits per heavy atom. The number of ether oxygens (including phenoxy) is 1. The second-order valence-electron chi connectivity index (χ2n) is 3.27. The van der Waals surface area contributed by atoms with Crippen molar-refractivity contribution in [2.24, 2.45) is 5.92 Å². The van der Waals surface area contributed by atoms with Crippen molar-refractivity contribution in [3.8, 4) is 0 Å². The third-order valence-corrected chi connectivity index (χ3v) is 2.59. The topological polar surface area (TPSA) is 55.6 Å². The number of rotatable bonds is 5. The van der Waals surface area contributed by atoms with Gasteiger partial charge in [0.25, 0.3) is 0 Å². The normalized spacial score (nSPS) is 20.8. The van der Waals surface area contributed by atoms with Gasteiger partial charge < -0.3 is 14.9 Å². The maximum atomic E-state index is 10.5. The average molecular weight is 218 g/mol. The van der Waals surface area contributed by atoms with Gasteiger partial charge in [-0.2, -0.15) is 0 Å². The summed E-state index contributed by atoms with van der Waals surface area (Å²) < 4.78 is 5.19. The van der Waals surface area contributed by atoms with Crippen LogP contribution in [0.4, 0.5) is 0 Å². The molecule has 0 radical (unpaired) electrons. The van der Waals surface area contributed by atoms with Crippen LogP contribution in [0.3, 0.4) is 0 Å². The molecule has 1 heterocycles. The second kappa shape index (κ2) is 5.21. The summed E-state index contributed by atoms with van der Waals surface area (Å²) in [7, 11) is 0. The van der Waals surface area contributed by atoms with Crippen LogP contribution >= 0.6 is 12.6 Å². The Kier molecular flexibility index (Phi) is 4.21. The molecule has 1 saturated heterocycles. The van der Waals surface area contributed by atoms with Gasteiger partial charge in [-0.3, -0.25) is 0 Å². The molecule has 0 spiro atoms. The van der Waals surface area contributed by atoms with E-state index in [-0.39, 0.29) is 5.82 Å². The third kappa shape index (κ3) is 2.88. The fourth-order valence-corrected chi connectivity index (χ4v) is 1.68. The molecule has 0 bridgehead atoms. The van der Waals surface area contributed by atoms with Gasteiger partial charge in [0.05, 0.1) is 13.2 Å². The molecule has 1 rings (SSSR count). The average Bonchev–Trinajstić information content (AvgIpc) is 2.65. The van der Waals surface area contributed by atoms with Crippen molar-refractivity contribution in [3.05, 3.63) is 22.5 Å². The number of hydrogen-bond donors (Lipinski definition) is 1. The fraction of sp³-hybridized carbons (Fsp3) is 0.750. The van der Waals surface area contributed by atoms with Gasteiger partial charge in [-0.15, -0.1) is 12.6 Å². The Bertz CT molecular complexity index is 229. The summed E-state index contributed by atoms with van der Waals surface area (Å²) in [5, 5.41) is 10.5. The van der Waals surface area contributed by atoms with Crippen LogP contribution in [0.2, 0.25) is 0 Å². The van der Waals surface area contributed by atoms with E-state index in [1.165, 1.54) is 0 Å². The van der Waals surface area contributed by atoms with Gasteiger partial charge in [0.15, 0.2) is 0 Å². The summed E-state index contributed by atoms with van der Waals surface area (Å²) in [6, 6.07) is 0. The summed E-state index contributed by atoms with van der Waals surface area (Å²) in [5.74, 6) is 0.585. The Balaban J connectivity index is 2.45. The van der Waals surface area contributed by atoms with Gasteiger partial charge in [0, 0.05) is 12.5 Å². The van der Waals surface area contributed by atoms with Crippen molar-refractivity contribution < 1.29 is 9.66 Å². The number of nitrogens with zero attached hydrogens (tertiary/aromatic N) is 2. The first-order chi connectivity index (χ1) is 6.65. The zero-order valence-electron chi connectivity index (χ0n) is 7.89. The van der Waals surface area contributed by atoms with Crippen LogP contribution in [0.15, 0.2) is 12.4 Å². The lowest BCUT2D eigenvalue weighted by Gasteiger charge is -2.18. The molecule has 0 aliphatic carbocycles. The van der Waals surface area contributed by atoms with E-state index in [9.17, 15) is 10.1 Å². The minimum Gasteiger partial charge on any atom is -0.381 e. The van der Waals surface area contributed by atoms with Crippen molar-refractivity contribution >= 4 is 12.6 Å². The molecule has 80 valence electrons.